The number of amides is 1. The fourth-order valence-electron chi connectivity index (χ4n) is 1.55. The Morgan fingerprint density at radius 2 is 1.94 bits per heavy atom. The average molecular weight is 279 g/mol. The van der Waals surface area contributed by atoms with Gasteiger partial charge in [-0.1, -0.05) is 6.92 Å². The summed E-state index contributed by atoms with van der Waals surface area (Å²) in [6, 6.07) is -0.252. The number of carbonyl (C=O) groups is 1. The molecular formula is C11H25N3O3S. The van der Waals surface area contributed by atoms with Gasteiger partial charge in [-0.2, -0.15) is 0 Å². The second kappa shape index (κ2) is 8.44. The maximum absolute atomic E-state index is 11.4. The Morgan fingerprint density at radius 3 is 2.39 bits per heavy atom. The number of likely N-dealkylation sites (N-methyl/N-ethyl adjacent to an activating group) is 1. The Hall–Kier alpha value is -0.660. The molecule has 18 heavy (non-hydrogen) atoms. The lowest BCUT2D eigenvalue weighted by molar-refractivity contribution is -0.122. The monoisotopic (exact) mass is 279 g/mol. The average Bonchev–Trinajstić information content (AvgIpc) is 2.27. The van der Waals surface area contributed by atoms with Crippen LogP contribution in [-0.4, -0.2) is 57.1 Å². The molecule has 1 atom stereocenters. The largest absolute Gasteiger partial charge is 0.355 e. The lowest BCUT2D eigenvalue weighted by atomic mass is 10.3. The van der Waals surface area contributed by atoms with Crippen molar-refractivity contribution in [1.82, 2.24) is 14.9 Å². The van der Waals surface area contributed by atoms with Crippen molar-refractivity contribution in [2.75, 3.05) is 32.4 Å². The Bertz CT molecular complexity index is 343. The second-order valence-electron chi connectivity index (χ2n) is 4.18. The summed E-state index contributed by atoms with van der Waals surface area (Å²) in [5, 5.41) is 5.79. The molecule has 0 bridgehead atoms. The van der Waals surface area contributed by atoms with Crippen LogP contribution in [0.25, 0.3) is 0 Å². The van der Waals surface area contributed by atoms with Crippen LogP contribution in [0.15, 0.2) is 0 Å². The summed E-state index contributed by atoms with van der Waals surface area (Å²) in [4.78, 5) is 11.4. The highest BCUT2D eigenvalue weighted by Crippen LogP contribution is 1.98. The van der Waals surface area contributed by atoms with Crippen LogP contribution < -0.4 is 10.6 Å². The van der Waals surface area contributed by atoms with Gasteiger partial charge in [-0.05, 0) is 26.8 Å². The molecule has 1 unspecified atom stereocenters. The lowest BCUT2D eigenvalue weighted by Gasteiger charge is -2.18. The quantitative estimate of drug-likeness (QED) is 0.572. The molecule has 2 N–H and O–H groups in total. The lowest BCUT2D eigenvalue weighted by Crippen LogP contribution is -2.43. The maximum Gasteiger partial charge on any atom is 0.236 e. The van der Waals surface area contributed by atoms with E-state index in [1.54, 1.807) is 6.92 Å². The fourth-order valence-corrected chi connectivity index (χ4v) is 2.48. The SMILES string of the molecule is CCNC(=O)C(C)NCCCN(CC)S(C)(=O)=O. The van der Waals surface area contributed by atoms with E-state index >= 15 is 0 Å². The van der Waals surface area contributed by atoms with Crippen LogP contribution in [0.3, 0.4) is 0 Å². The number of hydrogen-bond acceptors (Lipinski definition) is 4. The predicted octanol–water partition coefficient (Wildman–Crippen LogP) is -0.228. The van der Waals surface area contributed by atoms with Crippen molar-refractivity contribution >= 4 is 15.9 Å². The zero-order valence-corrected chi connectivity index (χ0v) is 12.5. The molecule has 0 aromatic carbocycles. The van der Waals surface area contributed by atoms with Gasteiger partial charge >= 0.3 is 0 Å². The van der Waals surface area contributed by atoms with Crippen molar-refractivity contribution in [3.05, 3.63) is 0 Å². The highest BCUT2D eigenvalue weighted by atomic mass is 32.2. The van der Waals surface area contributed by atoms with Gasteiger partial charge in [0, 0.05) is 19.6 Å². The third-order valence-electron chi connectivity index (χ3n) is 2.60. The minimum atomic E-state index is -3.11. The number of nitrogens with one attached hydrogen (secondary N) is 2. The summed E-state index contributed by atoms with van der Waals surface area (Å²) in [5.41, 5.74) is 0. The molecule has 0 fully saturated rings. The van der Waals surface area contributed by atoms with Gasteiger partial charge in [-0.15, -0.1) is 0 Å². The smallest absolute Gasteiger partial charge is 0.236 e. The molecule has 0 rings (SSSR count). The minimum Gasteiger partial charge on any atom is -0.355 e. The molecule has 0 aromatic heterocycles. The van der Waals surface area contributed by atoms with Gasteiger partial charge in [0.1, 0.15) is 0 Å². The first-order chi connectivity index (χ1) is 8.32. The van der Waals surface area contributed by atoms with Gasteiger partial charge in [0.2, 0.25) is 15.9 Å². The Morgan fingerprint density at radius 1 is 1.33 bits per heavy atom. The second-order valence-corrected chi connectivity index (χ2v) is 6.16. The third kappa shape index (κ3) is 6.93. The van der Waals surface area contributed by atoms with E-state index in [1.807, 2.05) is 13.8 Å². The van der Waals surface area contributed by atoms with E-state index in [1.165, 1.54) is 10.6 Å². The highest BCUT2D eigenvalue weighted by molar-refractivity contribution is 7.88. The molecule has 108 valence electrons. The van der Waals surface area contributed by atoms with Gasteiger partial charge in [0.15, 0.2) is 0 Å². The predicted molar refractivity (Wildman–Crippen MR) is 72.9 cm³/mol. The number of hydrogen-bond donors (Lipinski definition) is 2. The van der Waals surface area contributed by atoms with Crippen LogP contribution in [-0.2, 0) is 14.8 Å². The van der Waals surface area contributed by atoms with E-state index in [2.05, 4.69) is 10.6 Å². The summed E-state index contributed by atoms with van der Waals surface area (Å²) in [6.45, 7) is 7.66. The van der Waals surface area contributed by atoms with Gasteiger partial charge < -0.3 is 10.6 Å². The Kier molecular flexibility index (Phi) is 8.13. The number of sulfonamides is 1. The highest BCUT2D eigenvalue weighted by Gasteiger charge is 2.14. The van der Waals surface area contributed by atoms with Crippen LogP contribution in [0.5, 0.6) is 0 Å². The van der Waals surface area contributed by atoms with Crippen molar-refractivity contribution in [3.8, 4) is 0 Å². The molecule has 0 spiro atoms. The molecule has 0 aliphatic carbocycles. The Balaban J connectivity index is 3.89. The molecule has 0 aliphatic heterocycles. The topological polar surface area (TPSA) is 78.5 Å². The van der Waals surface area contributed by atoms with Crippen LogP contribution in [0.1, 0.15) is 27.2 Å². The molecule has 1 amide bonds. The summed E-state index contributed by atoms with van der Waals surface area (Å²) in [5.74, 6) is -0.0343. The maximum atomic E-state index is 11.4. The molecule has 0 saturated carbocycles. The summed E-state index contributed by atoms with van der Waals surface area (Å²) in [7, 11) is -3.11. The van der Waals surface area contributed by atoms with E-state index < -0.39 is 10.0 Å². The zero-order chi connectivity index (χ0) is 14.2. The molecule has 0 aliphatic rings. The van der Waals surface area contributed by atoms with E-state index in [0.29, 0.717) is 32.6 Å². The summed E-state index contributed by atoms with van der Waals surface area (Å²) < 4.78 is 24.1. The molecule has 0 heterocycles. The molecule has 0 aromatic rings. The van der Waals surface area contributed by atoms with Gasteiger partial charge in [0.25, 0.3) is 0 Å². The van der Waals surface area contributed by atoms with E-state index in [-0.39, 0.29) is 11.9 Å². The minimum absolute atomic E-state index is 0.0343. The van der Waals surface area contributed by atoms with Crippen molar-refractivity contribution in [2.24, 2.45) is 0 Å². The van der Waals surface area contributed by atoms with Crippen LogP contribution >= 0.6 is 0 Å². The van der Waals surface area contributed by atoms with Crippen molar-refractivity contribution in [3.63, 3.8) is 0 Å². The van der Waals surface area contributed by atoms with Crippen molar-refractivity contribution in [1.29, 1.82) is 0 Å². The van der Waals surface area contributed by atoms with Crippen LogP contribution in [0.2, 0.25) is 0 Å². The number of carbonyl (C=O) groups excluding carboxylic acids is 1. The van der Waals surface area contributed by atoms with Crippen LogP contribution in [0, 0.1) is 0 Å². The van der Waals surface area contributed by atoms with Gasteiger partial charge in [-0.3, -0.25) is 4.79 Å². The third-order valence-corrected chi connectivity index (χ3v) is 3.98. The summed E-state index contributed by atoms with van der Waals surface area (Å²) in [6.07, 6.45) is 1.89. The van der Waals surface area contributed by atoms with Gasteiger partial charge in [-0.25, -0.2) is 12.7 Å². The molecule has 0 radical (unpaired) electrons. The van der Waals surface area contributed by atoms with Gasteiger partial charge in [0.05, 0.1) is 12.3 Å². The zero-order valence-electron chi connectivity index (χ0n) is 11.7. The molecular weight excluding hydrogens is 254 g/mol. The summed E-state index contributed by atoms with van der Waals surface area (Å²) >= 11 is 0. The molecule has 6 nitrogen and oxygen atoms in total. The molecule has 7 heteroatoms. The van der Waals surface area contributed by atoms with E-state index in [0.717, 1.165) is 0 Å². The Labute approximate surface area is 110 Å². The van der Waals surface area contributed by atoms with Crippen molar-refractivity contribution < 1.29 is 13.2 Å². The van der Waals surface area contributed by atoms with E-state index in [4.69, 9.17) is 0 Å². The first kappa shape index (κ1) is 17.3. The van der Waals surface area contributed by atoms with Crippen molar-refractivity contribution in [2.45, 2.75) is 33.2 Å². The van der Waals surface area contributed by atoms with E-state index in [9.17, 15) is 13.2 Å². The first-order valence-corrected chi connectivity index (χ1v) is 8.14. The number of nitrogens with zero attached hydrogens (tertiary/aromatic N) is 1. The first-order valence-electron chi connectivity index (χ1n) is 6.29. The fraction of sp³-hybridized carbons (Fsp3) is 0.909. The number of rotatable bonds is 9. The van der Waals surface area contributed by atoms with Crippen LogP contribution in [0.4, 0.5) is 0 Å². The standard InChI is InChI=1S/C11H25N3O3S/c1-5-12-11(15)10(3)13-8-7-9-14(6-2)18(4,16)17/h10,13H,5-9H2,1-4H3,(H,12,15). The molecule has 0 saturated heterocycles. The normalized spacial score (nSPS) is 13.6.